The number of carbonyl (C=O) groups is 1. The van der Waals surface area contributed by atoms with Crippen molar-refractivity contribution in [1.29, 1.82) is 0 Å². The molecule has 0 spiro atoms. The molecule has 0 aromatic carbocycles. The number of pyridine rings is 1. The summed E-state index contributed by atoms with van der Waals surface area (Å²) in [5, 5.41) is 10.0. The Labute approximate surface area is 115 Å². The second kappa shape index (κ2) is 6.24. The van der Waals surface area contributed by atoms with Gasteiger partial charge in [0.15, 0.2) is 0 Å². The van der Waals surface area contributed by atoms with Crippen LogP contribution in [0, 0.1) is 0 Å². The first-order valence-electron chi connectivity index (χ1n) is 6.00. The number of anilines is 2. The Hall–Kier alpha value is -2.02. The number of aromatic nitrogens is 3. The van der Waals surface area contributed by atoms with E-state index in [-0.39, 0.29) is 5.91 Å². The average Bonchev–Trinajstić information content (AvgIpc) is 2.91. The number of hydrogen-bond acceptors (Lipinski definition) is 6. The molecule has 0 aliphatic carbocycles. The van der Waals surface area contributed by atoms with Gasteiger partial charge in [-0.2, -0.15) is 0 Å². The summed E-state index contributed by atoms with van der Waals surface area (Å²) < 4.78 is 3.70. The first kappa shape index (κ1) is 13.4. The number of carbonyl (C=O) groups excluding carboxylic acids is 1. The summed E-state index contributed by atoms with van der Waals surface area (Å²) in [7, 11) is 1.78. The van der Waals surface area contributed by atoms with Crippen LogP contribution in [0.4, 0.5) is 10.8 Å². The molecule has 6 nitrogen and oxygen atoms in total. The van der Waals surface area contributed by atoms with Gasteiger partial charge in [0.1, 0.15) is 10.8 Å². The number of nitrogens with one attached hydrogen (secondary N) is 2. The van der Waals surface area contributed by atoms with E-state index < -0.39 is 0 Å². The van der Waals surface area contributed by atoms with Crippen LogP contribution in [0.2, 0.25) is 0 Å². The van der Waals surface area contributed by atoms with Crippen LogP contribution in [-0.2, 0) is 6.42 Å². The van der Waals surface area contributed by atoms with E-state index in [0.29, 0.717) is 16.4 Å². The van der Waals surface area contributed by atoms with Crippen molar-refractivity contribution in [2.24, 2.45) is 0 Å². The van der Waals surface area contributed by atoms with Crippen molar-refractivity contribution in [3.8, 4) is 0 Å². The summed E-state index contributed by atoms with van der Waals surface area (Å²) in [5.74, 6) is 0.515. The molecule has 19 heavy (non-hydrogen) atoms. The van der Waals surface area contributed by atoms with Crippen molar-refractivity contribution < 1.29 is 4.79 Å². The van der Waals surface area contributed by atoms with Gasteiger partial charge in [-0.15, -0.1) is 5.10 Å². The van der Waals surface area contributed by atoms with Gasteiger partial charge in [0, 0.05) is 29.8 Å². The van der Waals surface area contributed by atoms with E-state index in [1.807, 2.05) is 6.07 Å². The van der Waals surface area contributed by atoms with Crippen molar-refractivity contribution in [2.75, 3.05) is 17.7 Å². The lowest BCUT2D eigenvalue weighted by molar-refractivity contribution is 0.102. The number of rotatable bonds is 5. The Kier molecular flexibility index (Phi) is 4.40. The predicted octanol–water partition coefficient (Wildman–Crippen LogP) is 2.18. The van der Waals surface area contributed by atoms with Crippen LogP contribution >= 0.6 is 11.5 Å². The molecule has 0 bridgehead atoms. The zero-order valence-electron chi connectivity index (χ0n) is 10.8. The van der Waals surface area contributed by atoms with Gasteiger partial charge in [-0.1, -0.05) is 17.8 Å². The van der Waals surface area contributed by atoms with Crippen molar-refractivity contribution in [3.63, 3.8) is 0 Å². The number of hydrogen-bond donors (Lipinski definition) is 2. The minimum atomic E-state index is -0.178. The number of aryl methyl sites for hydroxylation is 1. The molecule has 0 unspecified atom stereocenters. The molecule has 0 saturated carbocycles. The minimum Gasteiger partial charge on any atom is -0.373 e. The molecule has 2 heterocycles. The Morgan fingerprint density at radius 3 is 2.89 bits per heavy atom. The summed E-state index contributed by atoms with van der Waals surface area (Å²) in [6.45, 7) is 2.08. The first-order chi connectivity index (χ1) is 9.22. The zero-order chi connectivity index (χ0) is 13.7. The van der Waals surface area contributed by atoms with Crippen LogP contribution < -0.4 is 10.6 Å². The highest BCUT2D eigenvalue weighted by atomic mass is 32.1. The van der Waals surface area contributed by atoms with Gasteiger partial charge in [-0.05, 0) is 18.6 Å². The first-order valence-corrected chi connectivity index (χ1v) is 6.77. The fourth-order valence-corrected chi connectivity index (χ4v) is 2.05. The van der Waals surface area contributed by atoms with Crippen molar-refractivity contribution in [2.45, 2.75) is 19.8 Å². The van der Waals surface area contributed by atoms with E-state index in [0.717, 1.165) is 30.1 Å². The number of nitrogens with zero attached hydrogens (tertiary/aromatic N) is 3. The van der Waals surface area contributed by atoms with Crippen LogP contribution in [0.1, 0.15) is 29.4 Å². The van der Waals surface area contributed by atoms with E-state index in [1.54, 1.807) is 13.1 Å². The molecular weight excluding hydrogens is 262 g/mol. The lowest BCUT2D eigenvalue weighted by Gasteiger charge is -2.07. The highest BCUT2D eigenvalue weighted by molar-refractivity contribution is 7.10. The normalized spacial score (nSPS) is 10.2. The Bertz CT molecular complexity index is 555. The van der Waals surface area contributed by atoms with E-state index in [9.17, 15) is 4.79 Å². The second-order valence-electron chi connectivity index (χ2n) is 3.97. The lowest BCUT2D eigenvalue weighted by atomic mass is 10.1. The van der Waals surface area contributed by atoms with E-state index in [4.69, 9.17) is 0 Å². The molecule has 0 fully saturated rings. The molecule has 0 aliphatic heterocycles. The molecule has 2 aromatic heterocycles. The van der Waals surface area contributed by atoms with Crippen LogP contribution in [-0.4, -0.2) is 27.5 Å². The lowest BCUT2D eigenvalue weighted by Crippen LogP contribution is -2.12. The fraction of sp³-hybridized carbons (Fsp3) is 0.333. The van der Waals surface area contributed by atoms with E-state index >= 15 is 0 Å². The fourth-order valence-electron chi connectivity index (χ4n) is 1.64. The summed E-state index contributed by atoms with van der Waals surface area (Å²) in [6.07, 6.45) is 3.35. The third-order valence-corrected chi connectivity index (χ3v) is 3.08. The Morgan fingerprint density at radius 2 is 2.26 bits per heavy atom. The van der Waals surface area contributed by atoms with Crippen LogP contribution in [0.15, 0.2) is 18.3 Å². The largest absolute Gasteiger partial charge is 0.373 e. The molecule has 2 aromatic rings. The maximum atomic E-state index is 12.1. The van der Waals surface area contributed by atoms with Gasteiger partial charge in [0.25, 0.3) is 5.91 Å². The maximum Gasteiger partial charge on any atom is 0.256 e. The predicted molar refractivity (Wildman–Crippen MR) is 75.6 cm³/mol. The summed E-state index contributed by atoms with van der Waals surface area (Å²) in [4.78, 5) is 16.5. The topological polar surface area (TPSA) is 79.8 Å². The number of amides is 1. The Morgan fingerprint density at radius 1 is 1.42 bits per heavy atom. The van der Waals surface area contributed by atoms with Crippen LogP contribution in [0.25, 0.3) is 0 Å². The Balaban J connectivity index is 2.22. The van der Waals surface area contributed by atoms with Gasteiger partial charge in [0.2, 0.25) is 0 Å². The zero-order valence-corrected chi connectivity index (χ0v) is 11.6. The van der Waals surface area contributed by atoms with Crippen molar-refractivity contribution >= 4 is 28.3 Å². The smallest absolute Gasteiger partial charge is 0.256 e. The van der Waals surface area contributed by atoms with Crippen molar-refractivity contribution in [3.05, 3.63) is 29.6 Å². The van der Waals surface area contributed by atoms with Gasteiger partial charge >= 0.3 is 0 Å². The molecule has 0 atom stereocenters. The summed E-state index contributed by atoms with van der Waals surface area (Å²) in [5.41, 5.74) is 1.48. The highest BCUT2D eigenvalue weighted by Gasteiger charge is 2.10. The average molecular weight is 277 g/mol. The van der Waals surface area contributed by atoms with Crippen LogP contribution in [0.5, 0.6) is 0 Å². The molecule has 7 heteroatoms. The second-order valence-corrected chi connectivity index (χ2v) is 4.75. The minimum absolute atomic E-state index is 0.178. The molecule has 1 amide bonds. The van der Waals surface area contributed by atoms with Gasteiger partial charge < -0.3 is 10.6 Å². The van der Waals surface area contributed by atoms with Gasteiger partial charge in [-0.25, -0.2) is 4.98 Å². The molecular formula is C12H15N5OS. The summed E-state index contributed by atoms with van der Waals surface area (Å²) >= 11 is 1.15. The molecule has 2 rings (SSSR count). The molecule has 0 aliphatic rings. The molecule has 100 valence electrons. The molecule has 0 saturated heterocycles. The van der Waals surface area contributed by atoms with E-state index in [2.05, 4.69) is 32.1 Å². The quantitative estimate of drug-likeness (QED) is 0.875. The third-order valence-electron chi connectivity index (χ3n) is 2.50. The molecule has 0 radical (unpaired) electrons. The van der Waals surface area contributed by atoms with Crippen molar-refractivity contribution in [1.82, 2.24) is 14.6 Å². The standard InChI is InChI=1S/C12H15N5OS/c1-3-4-9-5-8(6-10(13-2)15-9)12(18)16-11-7-14-17-19-11/h5-7H,3-4H2,1-2H3,(H,13,15)(H,16,18). The monoisotopic (exact) mass is 277 g/mol. The third kappa shape index (κ3) is 3.47. The SMILES string of the molecule is CCCc1cc(C(=O)Nc2cnns2)cc(NC)n1. The van der Waals surface area contributed by atoms with E-state index in [1.165, 1.54) is 6.20 Å². The van der Waals surface area contributed by atoms with Crippen LogP contribution in [0.3, 0.4) is 0 Å². The highest BCUT2D eigenvalue weighted by Crippen LogP contribution is 2.15. The van der Waals surface area contributed by atoms with Gasteiger partial charge in [-0.3, -0.25) is 4.79 Å². The maximum absolute atomic E-state index is 12.1. The molecule has 2 N–H and O–H groups in total. The summed E-state index contributed by atoms with van der Waals surface area (Å²) in [6, 6.07) is 3.54. The van der Waals surface area contributed by atoms with Gasteiger partial charge in [0.05, 0.1) is 6.20 Å².